The van der Waals surface area contributed by atoms with Gasteiger partial charge < -0.3 is 10.4 Å². The first kappa shape index (κ1) is 11.8. The molecule has 3 heteroatoms. The molecular formula is C15H17NOS. The van der Waals surface area contributed by atoms with E-state index < -0.39 is 0 Å². The first-order valence-corrected chi connectivity index (χ1v) is 7.25. The molecule has 18 heavy (non-hydrogen) atoms. The van der Waals surface area contributed by atoms with Gasteiger partial charge in [0.1, 0.15) is 5.75 Å². The predicted molar refractivity (Wildman–Crippen MR) is 76.2 cm³/mol. The van der Waals surface area contributed by atoms with E-state index in [1.54, 1.807) is 6.07 Å². The first-order valence-electron chi connectivity index (χ1n) is 6.43. The number of hydrogen-bond acceptors (Lipinski definition) is 3. The van der Waals surface area contributed by atoms with Gasteiger partial charge in [0.25, 0.3) is 0 Å². The molecule has 3 rings (SSSR count). The highest BCUT2D eigenvalue weighted by Gasteiger charge is 2.21. The van der Waals surface area contributed by atoms with Crippen molar-refractivity contribution >= 4 is 11.3 Å². The molecule has 0 unspecified atom stereocenters. The lowest BCUT2D eigenvalue weighted by molar-refractivity contribution is 0.477. The monoisotopic (exact) mass is 259 g/mol. The van der Waals surface area contributed by atoms with Crippen LogP contribution in [0.1, 0.15) is 22.9 Å². The summed E-state index contributed by atoms with van der Waals surface area (Å²) in [6.07, 6.45) is 2.15. The minimum absolute atomic E-state index is 0.388. The first-order chi connectivity index (χ1) is 8.81. The fraction of sp³-hybridized carbons (Fsp3) is 0.333. The lowest BCUT2D eigenvalue weighted by Crippen LogP contribution is -2.22. The number of aromatic hydroxyl groups is 1. The van der Waals surface area contributed by atoms with E-state index in [2.05, 4.69) is 12.2 Å². The van der Waals surface area contributed by atoms with E-state index in [4.69, 9.17) is 0 Å². The number of thiophene rings is 1. The average Bonchev–Trinajstić information content (AvgIpc) is 2.77. The summed E-state index contributed by atoms with van der Waals surface area (Å²) in [5, 5.41) is 13.5. The molecule has 0 amide bonds. The maximum absolute atomic E-state index is 10.0. The van der Waals surface area contributed by atoms with Crippen LogP contribution < -0.4 is 5.32 Å². The maximum atomic E-state index is 10.0. The Kier molecular flexibility index (Phi) is 3.10. The molecule has 2 aromatic rings. The van der Waals surface area contributed by atoms with Crippen molar-refractivity contribution < 1.29 is 5.11 Å². The van der Waals surface area contributed by atoms with Gasteiger partial charge in [0.05, 0.1) is 0 Å². The van der Waals surface area contributed by atoms with Gasteiger partial charge in [-0.15, -0.1) is 11.3 Å². The highest BCUT2D eigenvalue weighted by Crippen LogP contribution is 2.41. The third-order valence-electron chi connectivity index (χ3n) is 3.54. The number of phenolic OH excluding ortho intramolecular Hbond substituents is 1. The van der Waals surface area contributed by atoms with Gasteiger partial charge >= 0.3 is 0 Å². The minimum Gasteiger partial charge on any atom is -0.507 e. The molecule has 0 bridgehead atoms. The predicted octanol–water partition coefficient (Wildman–Crippen LogP) is 3.33. The molecule has 0 aliphatic carbocycles. The zero-order valence-electron chi connectivity index (χ0n) is 10.5. The SMILES string of the molecule is CCc1c(-c2ccccc2O)sc2c1CCNC2. The van der Waals surface area contributed by atoms with Crippen molar-refractivity contribution in [3.63, 3.8) is 0 Å². The molecule has 0 atom stereocenters. The summed E-state index contributed by atoms with van der Waals surface area (Å²) < 4.78 is 0. The van der Waals surface area contributed by atoms with Crippen molar-refractivity contribution in [1.82, 2.24) is 5.32 Å². The average molecular weight is 259 g/mol. The van der Waals surface area contributed by atoms with Gasteiger partial charge in [-0.05, 0) is 42.6 Å². The van der Waals surface area contributed by atoms with E-state index in [0.29, 0.717) is 5.75 Å². The molecule has 1 aromatic heterocycles. The number of para-hydroxylation sites is 1. The second kappa shape index (κ2) is 4.75. The van der Waals surface area contributed by atoms with Gasteiger partial charge in [0.2, 0.25) is 0 Å². The van der Waals surface area contributed by atoms with Gasteiger partial charge in [-0.2, -0.15) is 0 Å². The normalized spacial score (nSPS) is 14.5. The lowest BCUT2D eigenvalue weighted by Gasteiger charge is -2.13. The molecule has 0 saturated carbocycles. The van der Waals surface area contributed by atoms with Crippen LogP contribution in [0, 0.1) is 0 Å². The van der Waals surface area contributed by atoms with E-state index in [1.807, 2.05) is 29.5 Å². The van der Waals surface area contributed by atoms with Crippen LogP contribution in [-0.2, 0) is 19.4 Å². The van der Waals surface area contributed by atoms with Crippen molar-refractivity contribution in [2.24, 2.45) is 0 Å². The Bertz CT molecular complexity index is 574. The third-order valence-corrected chi connectivity index (χ3v) is 4.85. The summed E-state index contributed by atoms with van der Waals surface area (Å²) in [5.74, 6) is 0.388. The number of rotatable bonds is 2. The fourth-order valence-electron chi connectivity index (χ4n) is 2.66. The highest BCUT2D eigenvalue weighted by molar-refractivity contribution is 7.16. The van der Waals surface area contributed by atoms with E-state index in [9.17, 15) is 5.11 Å². The Morgan fingerprint density at radius 1 is 1.33 bits per heavy atom. The summed E-state index contributed by atoms with van der Waals surface area (Å²) in [6, 6.07) is 7.65. The standard InChI is InChI=1S/C15H17NOS/c1-2-10-11-7-8-16-9-14(11)18-15(10)12-5-3-4-6-13(12)17/h3-6,16-17H,2,7-9H2,1H3. The Morgan fingerprint density at radius 3 is 2.94 bits per heavy atom. The summed E-state index contributed by atoms with van der Waals surface area (Å²) in [5.41, 5.74) is 3.92. The van der Waals surface area contributed by atoms with Crippen molar-refractivity contribution in [2.75, 3.05) is 6.54 Å². The van der Waals surface area contributed by atoms with Gasteiger partial charge in [-0.3, -0.25) is 0 Å². The smallest absolute Gasteiger partial charge is 0.124 e. The molecule has 0 saturated heterocycles. The van der Waals surface area contributed by atoms with E-state index in [1.165, 1.54) is 20.9 Å². The zero-order chi connectivity index (χ0) is 12.5. The highest BCUT2D eigenvalue weighted by atomic mass is 32.1. The molecule has 94 valence electrons. The second-order valence-electron chi connectivity index (χ2n) is 4.61. The van der Waals surface area contributed by atoms with Gasteiger partial charge in [0, 0.05) is 21.9 Å². The fourth-order valence-corrected chi connectivity index (χ4v) is 4.10. The number of phenols is 1. The topological polar surface area (TPSA) is 32.3 Å². The Balaban J connectivity index is 2.18. The molecule has 0 fully saturated rings. The van der Waals surface area contributed by atoms with Crippen molar-refractivity contribution in [1.29, 1.82) is 0 Å². The summed E-state index contributed by atoms with van der Waals surface area (Å²) in [4.78, 5) is 2.70. The van der Waals surface area contributed by atoms with E-state index >= 15 is 0 Å². The second-order valence-corrected chi connectivity index (χ2v) is 5.71. The number of fused-ring (bicyclic) bond motifs is 1. The van der Waals surface area contributed by atoms with Crippen LogP contribution in [-0.4, -0.2) is 11.7 Å². The van der Waals surface area contributed by atoms with Crippen LogP contribution in [0.5, 0.6) is 5.75 Å². The molecule has 2 heterocycles. The molecular weight excluding hydrogens is 242 g/mol. The molecule has 1 aliphatic heterocycles. The van der Waals surface area contributed by atoms with Gasteiger partial charge in [-0.25, -0.2) is 0 Å². The van der Waals surface area contributed by atoms with E-state index in [0.717, 1.165) is 31.5 Å². The molecule has 0 spiro atoms. The van der Waals surface area contributed by atoms with Gasteiger partial charge in [-0.1, -0.05) is 19.1 Å². The third kappa shape index (κ3) is 1.84. The zero-order valence-corrected chi connectivity index (χ0v) is 11.3. The quantitative estimate of drug-likeness (QED) is 0.867. The van der Waals surface area contributed by atoms with Gasteiger partial charge in [0.15, 0.2) is 0 Å². The Morgan fingerprint density at radius 2 is 2.17 bits per heavy atom. The minimum atomic E-state index is 0.388. The molecule has 1 aliphatic rings. The van der Waals surface area contributed by atoms with Crippen LogP contribution in [0.15, 0.2) is 24.3 Å². The molecule has 0 radical (unpaired) electrons. The van der Waals surface area contributed by atoms with Crippen LogP contribution in [0.25, 0.3) is 10.4 Å². The van der Waals surface area contributed by atoms with Crippen LogP contribution in [0.4, 0.5) is 0 Å². The number of nitrogens with one attached hydrogen (secondary N) is 1. The van der Waals surface area contributed by atoms with Crippen LogP contribution >= 0.6 is 11.3 Å². The summed E-state index contributed by atoms with van der Waals surface area (Å²) in [6.45, 7) is 4.24. The summed E-state index contributed by atoms with van der Waals surface area (Å²) in [7, 11) is 0. The lowest BCUT2D eigenvalue weighted by atomic mass is 9.98. The van der Waals surface area contributed by atoms with E-state index in [-0.39, 0.29) is 0 Å². The largest absolute Gasteiger partial charge is 0.507 e. The van der Waals surface area contributed by atoms with Crippen molar-refractivity contribution in [2.45, 2.75) is 26.3 Å². The molecule has 2 N–H and O–H groups in total. The van der Waals surface area contributed by atoms with Crippen LogP contribution in [0.3, 0.4) is 0 Å². The number of benzene rings is 1. The van der Waals surface area contributed by atoms with Crippen molar-refractivity contribution in [3.8, 4) is 16.2 Å². The Labute approximate surface area is 111 Å². The van der Waals surface area contributed by atoms with Crippen molar-refractivity contribution in [3.05, 3.63) is 40.3 Å². The number of hydrogen-bond donors (Lipinski definition) is 2. The Hall–Kier alpha value is -1.32. The summed E-state index contributed by atoms with van der Waals surface area (Å²) >= 11 is 1.83. The molecule has 2 nitrogen and oxygen atoms in total. The van der Waals surface area contributed by atoms with Crippen LogP contribution in [0.2, 0.25) is 0 Å². The molecule has 1 aromatic carbocycles. The maximum Gasteiger partial charge on any atom is 0.124 e.